The highest BCUT2D eigenvalue weighted by molar-refractivity contribution is 9.10. The van der Waals surface area contributed by atoms with E-state index in [1.165, 1.54) is 18.2 Å². The predicted molar refractivity (Wildman–Crippen MR) is 83.9 cm³/mol. The van der Waals surface area contributed by atoms with Gasteiger partial charge in [-0.15, -0.1) is 6.58 Å². The van der Waals surface area contributed by atoms with Crippen molar-refractivity contribution in [3.8, 4) is 0 Å². The van der Waals surface area contributed by atoms with E-state index in [9.17, 15) is 13.5 Å². The van der Waals surface area contributed by atoms with Crippen molar-refractivity contribution in [2.75, 3.05) is 0 Å². The summed E-state index contributed by atoms with van der Waals surface area (Å²) in [7, 11) is -3.67. The van der Waals surface area contributed by atoms with E-state index in [-0.39, 0.29) is 10.8 Å². The van der Waals surface area contributed by atoms with Crippen molar-refractivity contribution in [3.05, 3.63) is 41.4 Å². The van der Waals surface area contributed by atoms with Crippen molar-refractivity contribution in [1.82, 2.24) is 4.72 Å². The third kappa shape index (κ3) is 4.41. The fourth-order valence-electron chi connectivity index (χ4n) is 1.78. The molecule has 0 fully saturated rings. The van der Waals surface area contributed by atoms with Crippen molar-refractivity contribution in [2.24, 2.45) is 5.92 Å². The fourth-order valence-corrected chi connectivity index (χ4v) is 3.41. The van der Waals surface area contributed by atoms with Crippen LogP contribution in [0.2, 0.25) is 0 Å². The summed E-state index contributed by atoms with van der Waals surface area (Å²) in [5.74, 6) is -0.00627. The zero-order valence-corrected chi connectivity index (χ0v) is 14.0. The number of sulfonamides is 1. The van der Waals surface area contributed by atoms with Gasteiger partial charge in [0.25, 0.3) is 0 Å². The van der Waals surface area contributed by atoms with E-state index in [1.54, 1.807) is 12.1 Å². The summed E-state index contributed by atoms with van der Waals surface area (Å²) in [6.45, 7) is 7.36. The van der Waals surface area contributed by atoms with Gasteiger partial charge in [-0.05, 0) is 30.2 Å². The summed E-state index contributed by atoms with van der Waals surface area (Å²) in [6.07, 6.45) is 1.18. The Balaban J connectivity index is 3.02. The molecular weight excluding hydrogens is 342 g/mol. The molecule has 0 saturated heterocycles. The third-order valence-corrected chi connectivity index (χ3v) is 5.29. The third-order valence-electron chi connectivity index (χ3n) is 3.28. The van der Waals surface area contributed by atoms with Crippen LogP contribution in [0.5, 0.6) is 0 Å². The van der Waals surface area contributed by atoms with Crippen molar-refractivity contribution in [1.29, 1.82) is 0 Å². The van der Waals surface area contributed by atoms with Gasteiger partial charge in [-0.25, -0.2) is 13.1 Å². The molecule has 3 atom stereocenters. The van der Waals surface area contributed by atoms with Gasteiger partial charge in [0.15, 0.2) is 0 Å². The molecule has 1 rings (SSSR count). The first-order valence-corrected chi connectivity index (χ1v) is 8.68. The summed E-state index contributed by atoms with van der Waals surface area (Å²) in [5.41, 5.74) is 0. The Kier molecular flexibility index (Phi) is 6.39. The minimum Gasteiger partial charge on any atom is -0.387 e. The predicted octanol–water partition coefficient (Wildman–Crippen LogP) is 2.69. The van der Waals surface area contributed by atoms with Crippen LogP contribution < -0.4 is 4.72 Å². The van der Waals surface area contributed by atoms with Crippen LogP contribution in [-0.4, -0.2) is 25.7 Å². The number of nitrogens with one attached hydrogen (secondary N) is 1. The number of rotatable bonds is 7. The highest BCUT2D eigenvalue weighted by atomic mass is 79.9. The molecule has 4 nitrogen and oxygen atoms in total. The van der Waals surface area contributed by atoms with Crippen molar-refractivity contribution < 1.29 is 13.5 Å². The first-order valence-electron chi connectivity index (χ1n) is 6.40. The molecule has 0 aliphatic rings. The summed E-state index contributed by atoms with van der Waals surface area (Å²) in [4.78, 5) is 0.172. The van der Waals surface area contributed by atoms with Crippen molar-refractivity contribution in [2.45, 2.75) is 37.3 Å². The van der Waals surface area contributed by atoms with Gasteiger partial charge >= 0.3 is 0 Å². The summed E-state index contributed by atoms with van der Waals surface area (Å²) < 4.78 is 28.0. The van der Waals surface area contributed by atoms with Crippen LogP contribution in [-0.2, 0) is 10.0 Å². The van der Waals surface area contributed by atoms with E-state index in [4.69, 9.17) is 0 Å². The Bertz CT molecular complexity index is 542. The fraction of sp³-hybridized carbons (Fsp3) is 0.429. The molecule has 0 aliphatic carbocycles. The van der Waals surface area contributed by atoms with E-state index < -0.39 is 22.2 Å². The molecule has 0 aliphatic heterocycles. The first kappa shape index (κ1) is 17.4. The first-order chi connectivity index (χ1) is 9.31. The lowest BCUT2D eigenvalue weighted by atomic mass is 9.95. The number of benzene rings is 1. The van der Waals surface area contributed by atoms with Crippen LogP contribution in [0.15, 0.2) is 46.3 Å². The van der Waals surface area contributed by atoms with Gasteiger partial charge < -0.3 is 5.11 Å². The molecule has 20 heavy (non-hydrogen) atoms. The van der Waals surface area contributed by atoms with Gasteiger partial charge in [0.1, 0.15) is 0 Å². The number of hydrogen-bond donors (Lipinski definition) is 2. The molecule has 2 N–H and O–H groups in total. The van der Waals surface area contributed by atoms with Gasteiger partial charge in [-0.3, -0.25) is 0 Å². The highest BCUT2D eigenvalue weighted by Gasteiger charge is 2.28. The molecule has 0 amide bonds. The second kappa shape index (κ2) is 7.36. The maximum Gasteiger partial charge on any atom is 0.240 e. The Morgan fingerprint density at radius 1 is 1.40 bits per heavy atom. The van der Waals surface area contributed by atoms with E-state index >= 15 is 0 Å². The molecule has 0 saturated carbocycles. The maximum absolute atomic E-state index is 12.3. The molecule has 1 aromatic rings. The monoisotopic (exact) mass is 361 g/mol. The smallest absolute Gasteiger partial charge is 0.240 e. The molecule has 0 spiro atoms. The minimum atomic E-state index is -3.67. The van der Waals surface area contributed by atoms with Crippen LogP contribution in [0.3, 0.4) is 0 Å². The Labute approximate surface area is 129 Å². The minimum absolute atomic E-state index is 0.00627. The van der Waals surface area contributed by atoms with Gasteiger partial charge in [0, 0.05) is 4.47 Å². The van der Waals surface area contributed by atoms with Crippen molar-refractivity contribution >= 4 is 26.0 Å². The number of aliphatic hydroxyl groups is 1. The molecule has 0 aromatic heterocycles. The quantitative estimate of drug-likeness (QED) is 0.733. The van der Waals surface area contributed by atoms with Crippen LogP contribution in [0, 0.1) is 5.92 Å². The van der Waals surface area contributed by atoms with Crippen LogP contribution >= 0.6 is 15.9 Å². The van der Waals surface area contributed by atoms with E-state index in [0.717, 1.165) is 10.9 Å². The average Bonchev–Trinajstić information content (AvgIpc) is 2.43. The van der Waals surface area contributed by atoms with Gasteiger partial charge in [0.2, 0.25) is 10.0 Å². The SMILES string of the molecule is C=CC(O)[C@@H](NS(=O)(=O)c1ccc(Br)cc1)[C@@H](C)CC. The number of aliphatic hydroxyl groups excluding tert-OH is 1. The molecule has 6 heteroatoms. The summed E-state index contributed by atoms with van der Waals surface area (Å²) >= 11 is 3.26. The standard InChI is InChI=1S/C14H20BrNO3S/c1-4-10(3)14(13(17)5-2)16-20(18,19)12-8-6-11(15)7-9-12/h5-10,13-14,16-17H,2,4H2,1,3H3/t10-,13?,14-/m0/s1. The summed E-state index contributed by atoms with van der Waals surface area (Å²) in [5, 5.41) is 9.92. The van der Waals surface area contributed by atoms with E-state index in [2.05, 4.69) is 27.2 Å². The molecule has 112 valence electrons. The van der Waals surface area contributed by atoms with E-state index in [0.29, 0.717) is 0 Å². The number of halogens is 1. The molecule has 1 aromatic carbocycles. The lowest BCUT2D eigenvalue weighted by Crippen LogP contribution is -2.46. The van der Waals surface area contributed by atoms with Crippen LogP contribution in [0.1, 0.15) is 20.3 Å². The Morgan fingerprint density at radius 3 is 2.40 bits per heavy atom. The number of hydrogen-bond acceptors (Lipinski definition) is 3. The van der Waals surface area contributed by atoms with Crippen molar-refractivity contribution in [3.63, 3.8) is 0 Å². The summed E-state index contributed by atoms with van der Waals surface area (Å²) in [6, 6.07) is 5.76. The van der Waals surface area contributed by atoms with Crippen LogP contribution in [0.25, 0.3) is 0 Å². The second-order valence-electron chi connectivity index (χ2n) is 4.71. The molecule has 1 unspecified atom stereocenters. The Morgan fingerprint density at radius 2 is 1.95 bits per heavy atom. The normalized spacial score (nSPS) is 16.4. The van der Waals surface area contributed by atoms with Gasteiger partial charge in [0.05, 0.1) is 17.0 Å². The molecule has 0 bridgehead atoms. The highest BCUT2D eigenvalue weighted by Crippen LogP contribution is 2.18. The zero-order chi connectivity index (χ0) is 15.3. The average molecular weight is 362 g/mol. The van der Waals surface area contributed by atoms with E-state index in [1.807, 2.05) is 13.8 Å². The second-order valence-corrected chi connectivity index (χ2v) is 7.34. The molecule has 0 heterocycles. The zero-order valence-electron chi connectivity index (χ0n) is 11.6. The Hall–Kier alpha value is -0.690. The lowest BCUT2D eigenvalue weighted by Gasteiger charge is -2.27. The molecular formula is C14H20BrNO3S. The van der Waals surface area contributed by atoms with Gasteiger partial charge in [-0.1, -0.05) is 42.3 Å². The largest absolute Gasteiger partial charge is 0.387 e. The topological polar surface area (TPSA) is 66.4 Å². The van der Waals surface area contributed by atoms with Crippen LogP contribution in [0.4, 0.5) is 0 Å². The molecule has 0 radical (unpaired) electrons. The lowest BCUT2D eigenvalue weighted by molar-refractivity contribution is 0.153. The van der Waals surface area contributed by atoms with Gasteiger partial charge in [-0.2, -0.15) is 0 Å². The maximum atomic E-state index is 12.3.